The Morgan fingerprint density at radius 3 is 2.50 bits per heavy atom. The lowest BCUT2D eigenvalue weighted by Gasteiger charge is -2.06. The summed E-state index contributed by atoms with van der Waals surface area (Å²) >= 11 is 0. The summed E-state index contributed by atoms with van der Waals surface area (Å²) < 4.78 is 1.38. The van der Waals surface area contributed by atoms with Crippen LogP contribution >= 0.6 is 0 Å². The summed E-state index contributed by atoms with van der Waals surface area (Å²) in [7, 11) is 0. The van der Waals surface area contributed by atoms with Crippen LogP contribution in [0.2, 0.25) is 0 Å². The molecule has 1 aromatic carbocycles. The lowest BCUT2D eigenvalue weighted by Crippen LogP contribution is -2.06. The zero-order valence-corrected chi connectivity index (χ0v) is 7.28. The molecule has 0 unspecified atom stereocenters. The summed E-state index contributed by atoms with van der Waals surface area (Å²) in [6, 6.07) is 9.16. The predicted octanol–water partition coefficient (Wildman–Crippen LogP) is 0.251. The first kappa shape index (κ1) is 8.86. The minimum Gasteiger partial charge on any atom is -0.363 e. The first-order valence-electron chi connectivity index (χ1n) is 4.11. The summed E-state index contributed by atoms with van der Waals surface area (Å²) in [5.41, 5.74) is 0.990. The number of benzene rings is 1. The number of aromatic nitrogens is 3. The molecule has 0 aliphatic carbocycles. The fraction of sp³-hybridized carbons (Fsp3) is 0.111. The number of hydrogen-bond acceptors (Lipinski definition) is 4. The Bertz CT molecular complexity index is 411. The van der Waals surface area contributed by atoms with Crippen LogP contribution in [-0.2, 0) is 0 Å². The number of hydrogen-bond donors (Lipinski definition) is 2. The molecule has 0 atom stereocenters. The van der Waals surface area contributed by atoms with E-state index in [1.807, 2.05) is 18.2 Å². The summed E-state index contributed by atoms with van der Waals surface area (Å²) in [5, 5.41) is 25.4. The molecule has 0 fully saturated rings. The van der Waals surface area contributed by atoms with Crippen molar-refractivity contribution in [3.8, 4) is 5.69 Å². The molecule has 5 nitrogen and oxygen atoms in total. The Kier molecular flexibility index (Phi) is 2.26. The molecule has 0 aliphatic rings. The van der Waals surface area contributed by atoms with Crippen LogP contribution in [0.3, 0.4) is 0 Å². The van der Waals surface area contributed by atoms with Gasteiger partial charge in [0, 0.05) is 0 Å². The molecule has 2 rings (SSSR count). The Morgan fingerprint density at radius 1 is 1.14 bits per heavy atom. The quantitative estimate of drug-likeness (QED) is 0.667. The number of aliphatic hydroxyl groups is 2. The van der Waals surface area contributed by atoms with Crippen LogP contribution in [0.4, 0.5) is 0 Å². The van der Waals surface area contributed by atoms with Crippen LogP contribution in [0.5, 0.6) is 0 Å². The Balaban J connectivity index is 2.47. The second-order valence-corrected chi connectivity index (χ2v) is 2.78. The van der Waals surface area contributed by atoms with Gasteiger partial charge in [0.15, 0.2) is 6.29 Å². The molecular formula is C9H9N3O2. The molecule has 1 aromatic heterocycles. The maximum Gasteiger partial charge on any atom is 0.197 e. The van der Waals surface area contributed by atoms with Crippen molar-refractivity contribution in [2.45, 2.75) is 6.29 Å². The van der Waals surface area contributed by atoms with Gasteiger partial charge in [-0.05, 0) is 12.1 Å². The highest BCUT2D eigenvalue weighted by Crippen LogP contribution is 2.13. The van der Waals surface area contributed by atoms with E-state index in [0.717, 1.165) is 5.69 Å². The number of aliphatic hydroxyl groups excluding tert-OH is 1. The molecule has 0 spiro atoms. The van der Waals surface area contributed by atoms with E-state index in [4.69, 9.17) is 10.2 Å². The van der Waals surface area contributed by atoms with E-state index in [2.05, 4.69) is 10.3 Å². The van der Waals surface area contributed by atoms with Crippen molar-refractivity contribution >= 4 is 0 Å². The largest absolute Gasteiger partial charge is 0.363 e. The summed E-state index contributed by atoms with van der Waals surface area (Å²) in [5.74, 6) is 0. The van der Waals surface area contributed by atoms with Crippen molar-refractivity contribution in [1.29, 1.82) is 0 Å². The van der Waals surface area contributed by atoms with Gasteiger partial charge in [-0.1, -0.05) is 23.4 Å². The molecule has 2 aromatic rings. The SMILES string of the molecule is OC(O)c1cnnn1-c1ccccc1. The third kappa shape index (κ3) is 1.50. The van der Waals surface area contributed by atoms with Gasteiger partial charge < -0.3 is 10.2 Å². The van der Waals surface area contributed by atoms with Gasteiger partial charge in [0.25, 0.3) is 0 Å². The highest BCUT2D eigenvalue weighted by Gasteiger charge is 2.11. The Labute approximate surface area is 80.2 Å². The maximum absolute atomic E-state index is 9.01. The van der Waals surface area contributed by atoms with Gasteiger partial charge in [-0.3, -0.25) is 0 Å². The van der Waals surface area contributed by atoms with Crippen LogP contribution < -0.4 is 0 Å². The lowest BCUT2D eigenvalue weighted by atomic mass is 10.3. The Morgan fingerprint density at radius 2 is 1.86 bits per heavy atom. The number of nitrogens with zero attached hydrogens (tertiary/aromatic N) is 3. The molecular weight excluding hydrogens is 182 g/mol. The summed E-state index contributed by atoms with van der Waals surface area (Å²) in [6.07, 6.45) is -0.247. The topological polar surface area (TPSA) is 71.2 Å². The minimum absolute atomic E-state index is 0.246. The van der Waals surface area contributed by atoms with E-state index in [0.29, 0.717) is 0 Å². The minimum atomic E-state index is -1.56. The van der Waals surface area contributed by atoms with Crippen molar-refractivity contribution < 1.29 is 10.2 Å². The zero-order valence-electron chi connectivity index (χ0n) is 7.28. The molecule has 2 N–H and O–H groups in total. The second kappa shape index (κ2) is 3.57. The van der Waals surface area contributed by atoms with Crippen LogP contribution in [0.1, 0.15) is 12.0 Å². The van der Waals surface area contributed by atoms with Crippen LogP contribution in [0.25, 0.3) is 5.69 Å². The van der Waals surface area contributed by atoms with Gasteiger partial charge in [-0.25, -0.2) is 4.68 Å². The highest BCUT2D eigenvalue weighted by atomic mass is 16.5. The van der Waals surface area contributed by atoms with Gasteiger partial charge >= 0.3 is 0 Å². The van der Waals surface area contributed by atoms with Crippen molar-refractivity contribution in [3.05, 3.63) is 42.2 Å². The lowest BCUT2D eigenvalue weighted by molar-refractivity contribution is -0.0475. The van der Waals surface area contributed by atoms with Crippen molar-refractivity contribution in [2.24, 2.45) is 0 Å². The van der Waals surface area contributed by atoms with Gasteiger partial charge in [-0.15, -0.1) is 5.10 Å². The molecule has 0 saturated heterocycles. The molecule has 1 heterocycles. The molecule has 0 amide bonds. The van der Waals surface area contributed by atoms with Crippen molar-refractivity contribution in [1.82, 2.24) is 15.0 Å². The maximum atomic E-state index is 9.01. The third-order valence-corrected chi connectivity index (χ3v) is 1.84. The van der Waals surface area contributed by atoms with Crippen LogP contribution in [0, 0.1) is 0 Å². The summed E-state index contributed by atoms with van der Waals surface area (Å²) in [4.78, 5) is 0. The molecule has 72 valence electrons. The molecule has 0 saturated carbocycles. The van der Waals surface area contributed by atoms with Crippen molar-refractivity contribution in [2.75, 3.05) is 0 Å². The first-order chi connectivity index (χ1) is 6.79. The normalized spacial score (nSPS) is 10.8. The van der Waals surface area contributed by atoms with Crippen LogP contribution in [-0.4, -0.2) is 25.2 Å². The van der Waals surface area contributed by atoms with Gasteiger partial charge in [0.1, 0.15) is 5.69 Å². The van der Waals surface area contributed by atoms with Gasteiger partial charge in [-0.2, -0.15) is 0 Å². The molecule has 0 aliphatic heterocycles. The van der Waals surface area contributed by atoms with E-state index in [1.54, 1.807) is 12.1 Å². The van der Waals surface area contributed by atoms with E-state index in [9.17, 15) is 0 Å². The summed E-state index contributed by atoms with van der Waals surface area (Å²) in [6.45, 7) is 0. The van der Waals surface area contributed by atoms with Crippen molar-refractivity contribution in [3.63, 3.8) is 0 Å². The van der Waals surface area contributed by atoms with Gasteiger partial charge in [0.2, 0.25) is 0 Å². The number of rotatable bonds is 2. The van der Waals surface area contributed by atoms with Gasteiger partial charge in [0.05, 0.1) is 11.9 Å². The molecule has 0 bridgehead atoms. The third-order valence-electron chi connectivity index (χ3n) is 1.84. The van der Waals surface area contributed by atoms with E-state index in [1.165, 1.54) is 10.9 Å². The first-order valence-corrected chi connectivity index (χ1v) is 4.11. The standard InChI is InChI=1S/C9H9N3O2/c13-9(14)8-6-10-11-12(8)7-4-2-1-3-5-7/h1-6,9,13-14H. The van der Waals surface area contributed by atoms with E-state index in [-0.39, 0.29) is 5.69 Å². The monoisotopic (exact) mass is 191 g/mol. The number of para-hydroxylation sites is 1. The average Bonchev–Trinajstić information content (AvgIpc) is 2.67. The fourth-order valence-electron chi connectivity index (χ4n) is 1.19. The molecule has 14 heavy (non-hydrogen) atoms. The molecule has 0 radical (unpaired) electrons. The van der Waals surface area contributed by atoms with E-state index >= 15 is 0 Å². The second-order valence-electron chi connectivity index (χ2n) is 2.78. The smallest absolute Gasteiger partial charge is 0.197 e. The Hall–Kier alpha value is -1.72. The predicted molar refractivity (Wildman–Crippen MR) is 48.5 cm³/mol. The van der Waals surface area contributed by atoms with Crippen LogP contribution in [0.15, 0.2) is 36.5 Å². The van der Waals surface area contributed by atoms with E-state index < -0.39 is 6.29 Å². The highest BCUT2D eigenvalue weighted by molar-refractivity contribution is 5.31. The average molecular weight is 191 g/mol. The zero-order chi connectivity index (χ0) is 9.97. The fourth-order valence-corrected chi connectivity index (χ4v) is 1.19. The molecule has 5 heteroatoms.